The number of phenolic OH excluding ortho intramolecular Hbond substituents is 1. The van der Waals surface area contributed by atoms with Crippen molar-refractivity contribution in [3.63, 3.8) is 0 Å². The molecule has 3 nitrogen and oxygen atoms in total. The number of aromatic hydroxyl groups is 1. The van der Waals surface area contributed by atoms with Gasteiger partial charge in [-0.1, -0.05) is 60.1 Å². The fraction of sp³-hybridized carbons (Fsp3) is 0. The van der Waals surface area contributed by atoms with E-state index in [2.05, 4.69) is 0 Å². The Kier molecular flexibility index (Phi) is 4.31. The second kappa shape index (κ2) is 6.55. The molecule has 1 N–H and O–H groups in total. The standard InChI is InChI=1S/C19H13ClO3/c20-16-10-4-1-9-15(16)19(22)23-18-12-6-3-8-14(18)13-7-2-5-11-17(13)21/h1-12,21H. The first kappa shape index (κ1) is 15.1. The summed E-state index contributed by atoms with van der Waals surface area (Å²) < 4.78 is 5.49. The predicted molar refractivity (Wildman–Crippen MR) is 90.0 cm³/mol. The summed E-state index contributed by atoms with van der Waals surface area (Å²) in [6, 6.07) is 20.6. The lowest BCUT2D eigenvalue weighted by Crippen LogP contribution is -2.09. The average Bonchev–Trinajstić information content (AvgIpc) is 2.56. The van der Waals surface area contributed by atoms with Gasteiger partial charge in [0.25, 0.3) is 0 Å². The molecule has 4 heteroatoms. The lowest BCUT2D eigenvalue weighted by atomic mass is 10.0. The van der Waals surface area contributed by atoms with Crippen molar-refractivity contribution in [2.75, 3.05) is 0 Å². The van der Waals surface area contributed by atoms with E-state index >= 15 is 0 Å². The van der Waals surface area contributed by atoms with Gasteiger partial charge in [-0.3, -0.25) is 0 Å². The number of hydrogen-bond acceptors (Lipinski definition) is 3. The Hall–Kier alpha value is -2.78. The zero-order valence-corrected chi connectivity index (χ0v) is 12.8. The van der Waals surface area contributed by atoms with Gasteiger partial charge in [0.05, 0.1) is 10.6 Å². The Morgan fingerprint density at radius 2 is 1.43 bits per heavy atom. The van der Waals surface area contributed by atoms with Crippen LogP contribution in [-0.2, 0) is 0 Å². The molecule has 0 fully saturated rings. The van der Waals surface area contributed by atoms with Gasteiger partial charge in [-0.15, -0.1) is 0 Å². The maximum absolute atomic E-state index is 12.3. The number of hydrogen-bond donors (Lipinski definition) is 1. The van der Waals surface area contributed by atoms with E-state index in [-0.39, 0.29) is 5.75 Å². The topological polar surface area (TPSA) is 46.5 Å². The minimum atomic E-state index is -0.543. The van der Waals surface area contributed by atoms with Gasteiger partial charge in [-0.2, -0.15) is 0 Å². The second-order valence-corrected chi connectivity index (χ2v) is 5.29. The Labute approximate surface area is 138 Å². The summed E-state index contributed by atoms with van der Waals surface area (Å²) in [5.41, 5.74) is 1.52. The molecule has 3 aromatic carbocycles. The molecule has 0 aliphatic heterocycles. The molecule has 3 rings (SSSR count). The van der Waals surface area contributed by atoms with E-state index in [4.69, 9.17) is 16.3 Å². The molecule has 0 aliphatic rings. The van der Waals surface area contributed by atoms with Gasteiger partial charge in [0.2, 0.25) is 0 Å². The number of benzene rings is 3. The summed E-state index contributed by atoms with van der Waals surface area (Å²) in [5.74, 6) is -0.0638. The minimum absolute atomic E-state index is 0.119. The molecule has 0 saturated carbocycles. The van der Waals surface area contributed by atoms with E-state index in [1.54, 1.807) is 60.7 Å². The van der Waals surface area contributed by atoms with Crippen molar-refractivity contribution in [1.29, 1.82) is 0 Å². The number of ether oxygens (including phenoxy) is 1. The molecule has 0 heterocycles. The number of esters is 1. The Morgan fingerprint density at radius 1 is 0.826 bits per heavy atom. The SMILES string of the molecule is O=C(Oc1ccccc1-c1ccccc1O)c1ccccc1Cl. The highest BCUT2D eigenvalue weighted by molar-refractivity contribution is 6.33. The van der Waals surface area contributed by atoms with Crippen LogP contribution in [0.3, 0.4) is 0 Å². The molecule has 3 aromatic rings. The summed E-state index contributed by atoms with van der Waals surface area (Å²) >= 11 is 6.03. The van der Waals surface area contributed by atoms with Crippen molar-refractivity contribution in [2.24, 2.45) is 0 Å². The minimum Gasteiger partial charge on any atom is -0.507 e. The number of halogens is 1. The largest absolute Gasteiger partial charge is 0.507 e. The van der Waals surface area contributed by atoms with Gasteiger partial charge in [-0.25, -0.2) is 4.79 Å². The summed E-state index contributed by atoms with van der Waals surface area (Å²) in [6.45, 7) is 0. The lowest BCUT2D eigenvalue weighted by molar-refractivity contribution is 0.0735. The highest BCUT2D eigenvalue weighted by Gasteiger charge is 2.16. The van der Waals surface area contributed by atoms with E-state index in [1.165, 1.54) is 0 Å². The van der Waals surface area contributed by atoms with Crippen molar-refractivity contribution in [3.05, 3.63) is 83.4 Å². The fourth-order valence-electron chi connectivity index (χ4n) is 2.26. The fourth-order valence-corrected chi connectivity index (χ4v) is 2.47. The van der Waals surface area contributed by atoms with Crippen LogP contribution in [0, 0.1) is 0 Å². The Morgan fingerprint density at radius 3 is 2.17 bits per heavy atom. The summed E-state index contributed by atoms with van der Waals surface area (Å²) in [5, 5.41) is 10.4. The van der Waals surface area contributed by atoms with E-state index in [0.29, 0.717) is 27.5 Å². The number of phenols is 1. The van der Waals surface area contributed by atoms with Crippen molar-refractivity contribution >= 4 is 17.6 Å². The highest BCUT2D eigenvalue weighted by Crippen LogP contribution is 2.35. The molecule has 114 valence electrons. The predicted octanol–water partition coefficient (Wildman–Crippen LogP) is 4.93. The first-order valence-corrected chi connectivity index (χ1v) is 7.38. The maximum atomic E-state index is 12.3. The van der Waals surface area contributed by atoms with E-state index in [1.807, 2.05) is 12.1 Å². The van der Waals surface area contributed by atoms with Gasteiger partial charge in [0.15, 0.2) is 0 Å². The van der Waals surface area contributed by atoms with Crippen molar-refractivity contribution in [2.45, 2.75) is 0 Å². The first-order chi connectivity index (χ1) is 11.2. The van der Waals surface area contributed by atoms with Gasteiger partial charge in [-0.05, 0) is 24.3 Å². The van der Waals surface area contributed by atoms with Crippen LogP contribution in [0.4, 0.5) is 0 Å². The summed E-state index contributed by atoms with van der Waals surface area (Å²) in [4.78, 5) is 12.3. The number of carbonyl (C=O) groups excluding carboxylic acids is 1. The molecule has 23 heavy (non-hydrogen) atoms. The van der Waals surface area contributed by atoms with Gasteiger partial charge in [0.1, 0.15) is 11.5 Å². The third kappa shape index (κ3) is 3.20. The summed E-state index contributed by atoms with van der Waals surface area (Å²) in [7, 11) is 0. The van der Waals surface area contributed by atoms with E-state index in [9.17, 15) is 9.90 Å². The van der Waals surface area contributed by atoms with Crippen LogP contribution >= 0.6 is 11.6 Å². The van der Waals surface area contributed by atoms with Crippen molar-refractivity contribution in [1.82, 2.24) is 0 Å². The van der Waals surface area contributed by atoms with Crippen LogP contribution in [-0.4, -0.2) is 11.1 Å². The van der Waals surface area contributed by atoms with Gasteiger partial charge < -0.3 is 9.84 Å². The van der Waals surface area contributed by atoms with Crippen molar-refractivity contribution < 1.29 is 14.6 Å². The third-order valence-corrected chi connectivity index (χ3v) is 3.71. The zero-order chi connectivity index (χ0) is 16.2. The molecule has 0 atom stereocenters. The summed E-state index contributed by atoms with van der Waals surface area (Å²) in [6.07, 6.45) is 0. The quantitative estimate of drug-likeness (QED) is 0.548. The van der Waals surface area contributed by atoms with E-state index < -0.39 is 5.97 Å². The molecule has 0 aromatic heterocycles. The molecule has 0 unspecified atom stereocenters. The first-order valence-electron chi connectivity index (χ1n) is 7.01. The van der Waals surface area contributed by atoms with Crippen LogP contribution in [0.25, 0.3) is 11.1 Å². The molecular formula is C19H13ClO3. The second-order valence-electron chi connectivity index (χ2n) is 4.88. The van der Waals surface area contributed by atoms with Crippen LogP contribution in [0.15, 0.2) is 72.8 Å². The van der Waals surface area contributed by atoms with Gasteiger partial charge in [0, 0.05) is 11.1 Å². The maximum Gasteiger partial charge on any atom is 0.345 e. The zero-order valence-electron chi connectivity index (χ0n) is 12.1. The molecular weight excluding hydrogens is 312 g/mol. The lowest BCUT2D eigenvalue weighted by Gasteiger charge is -2.11. The molecule has 0 spiro atoms. The van der Waals surface area contributed by atoms with E-state index in [0.717, 1.165) is 0 Å². The normalized spacial score (nSPS) is 10.3. The number of para-hydroxylation sites is 2. The highest BCUT2D eigenvalue weighted by atomic mass is 35.5. The molecule has 0 amide bonds. The van der Waals surface area contributed by atoms with Crippen LogP contribution in [0.2, 0.25) is 5.02 Å². The van der Waals surface area contributed by atoms with Crippen molar-refractivity contribution in [3.8, 4) is 22.6 Å². The van der Waals surface area contributed by atoms with Gasteiger partial charge >= 0.3 is 5.97 Å². The van der Waals surface area contributed by atoms with Crippen LogP contribution < -0.4 is 4.74 Å². The number of carbonyl (C=O) groups is 1. The van der Waals surface area contributed by atoms with Crippen LogP contribution in [0.1, 0.15) is 10.4 Å². The molecule has 0 saturated heterocycles. The van der Waals surface area contributed by atoms with Crippen LogP contribution in [0.5, 0.6) is 11.5 Å². The third-order valence-electron chi connectivity index (χ3n) is 3.38. The Bertz CT molecular complexity index is 858. The molecule has 0 bridgehead atoms. The smallest absolute Gasteiger partial charge is 0.345 e. The molecule has 0 radical (unpaired) electrons. The monoisotopic (exact) mass is 324 g/mol. The molecule has 0 aliphatic carbocycles. The number of rotatable bonds is 3. The Balaban J connectivity index is 1.98. The average molecular weight is 325 g/mol.